The van der Waals surface area contributed by atoms with Crippen LogP contribution in [0, 0.1) is 0 Å². The topological polar surface area (TPSA) is 103 Å². The Morgan fingerprint density at radius 1 is 0.769 bits per heavy atom. The minimum atomic E-state index is -0.570. The van der Waals surface area contributed by atoms with E-state index in [0.29, 0.717) is 23.0 Å². The summed E-state index contributed by atoms with van der Waals surface area (Å²) < 4.78 is 21.0. The van der Waals surface area contributed by atoms with Gasteiger partial charge >= 0.3 is 6.03 Å². The summed E-state index contributed by atoms with van der Waals surface area (Å²) >= 11 is 0. The smallest absolute Gasteiger partial charge is 0.355 e. The van der Waals surface area contributed by atoms with Crippen LogP contribution in [0.1, 0.15) is 11.1 Å². The molecule has 2 heterocycles. The number of amides is 2. The number of rotatable bonds is 4. The summed E-state index contributed by atoms with van der Waals surface area (Å²) in [6, 6.07) is 10.1. The minimum Gasteiger partial charge on any atom is -0.454 e. The average Bonchev–Trinajstić information content (AvgIpc) is 3.29. The summed E-state index contributed by atoms with van der Waals surface area (Å²) in [5.74, 6) is 2.66. The Morgan fingerprint density at radius 2 is 1.23 bits per heavy atom. The van der Waals surface area contributed by atoms with E-state index in [1.807, 2.05) is 0 Å². The van der Waals surface area contributed by atoms with Gasteiger partial charge in [-0.15, -0.1) is 0 Å². The fourth-order valence-electron chi connectivity index (χ4n) is 2.34. The first-order valence-electron chi connectivity index (χ1n) is 7.69. The summed E-state index contributed by atoms with van der Waals surface area (Å²) in [4.78, 5) is 11.7. The van der Waals surface area contributed by atoms with Crippen LogP contribution in [0.25, 0.3) is 0 Å². The number of carbonyl (C=O) groups is 1. The molecule has 0 atom stereocenters. The van der Waals surface area contributed by atoms with E-state index >= 15 is 0 Å². The van der Waals surface area contributed by atoms with Gasteiger partial charge in [0.2, 0.25) is 13.6 Å². The third kappa shape index (κ3) is 3.51. The fraction of sp³-hybridized carbons (Fsp3) is 0.118. The lowest BCUT2D eigenvalue weighted by molar-refractivity contribution is 0.173. The number of benzene rings is 2. The van der Waals surface area contributed by atoms with Crippen molar-refractivity contribution in [2.75, 3.05) is 13.6 Å². The number of hydrazone groups is 2. The lowest BCUT2D eigenvalue weighted by Crippen LogP contribution is -2.28. The maximum Gasteiger partial charge on any atom is 0.355 e. The van der Waals surface area contributed by atoms with Gasteiger partial charge in [-0.05, 0) is 47.5 Å². The molecule has 26 heavy (non-hydrogen) atoms. The van der Waals surface area contributed by atoms with Gasteiger partial charge in [-0.3, -0.25) is 0 Å². The van der Waals surface area contributed by atoms with Crippen molar-refractivity contribution in [3.8, 4) is 23.0 Å². The van der Waals surface area contributed by atoms with Crippen molar-refractivity contribution in [2.24, 2.45) is 10.2 Å². The van der Waals surface area contributed by atoms with Crippen molar-refractivity contribution in [2.45, 2.75) is 0 Å². The van der Waals surface area contributed by atoms with Gasteiger partial charge in [-0.25, -0.2) is 15.6 Å². The maximum absolute atomic E-state index is 11.7. The molecular formula is C17H14N4O5. The highest BCUT2D eigenvalue weighted by Gasteiger charge is 2.13. The third-order valence-electron chi connectivity index (χ3n) is 3.55. The van der Waals surface area contributed by atoms with Gasteiger partial charge in [0.05, 0.1) is 12.4 Å². The number of nitrogens with one attached hydrogen (secondary N) is 2. The highest BCUT2D eigenvalue weighted by molar-refractivity contribution is 5.84. The summed E-state index contributed by atoms with van der Waals surface area (Å²) in [6.45, 7) is 0.413. The molecule has 0 aromatic heterocycles. The molecule has 9 heteroatoms. The number of ether oxygens (including phenoxy) is 4. The van der Waals surface area contributed by atoms with E-state index in [-0.39, 0.29) is 13.6 Å². The minimum absolute atomic E-state index is 0.206. The van der Waals surface area contributed by atoms with Crippen molar-refractivity contribution >= 4 is 18.5 Å². The monoisotopic (exact) mass is 354 g/mol. The number of nitrogens with zero attached hydrogens (tertiary/aromatic N) is 2. The van der Waals surface area contributed by atoms with Crippen LogP contribution in [-0.2, 0) is 0 Å². The summed E-state index contributed by atoms with van der Waals surface area (Å²) in [7, 11) is 0. The molecule has 0 fully saturated rings. The Labute approximate surface area is 148 Å². The van der Waals surface area contributed by atoms with Gasteiger partial charge in [0, 0.05) is 0 Å². The van der Waals surface area contributed by atoms with Crippen molar-refractivity contribution in [1.29, 1.82) is 0 Å². The third-order valence-corrected chi connectivity index (χ3v) is 3.55. The highest BCUT2D eigenvalue weighted by Crippen LogP contribution is 2.32. The van der Waals surface area contributed by atoms with Crippen LogP contribution in [0.5, 0.6) is 23.0 Å². The fourth-order valence-corrected chi connectivity index (χ4v) is 2.34. The SMILES string of the molecule is O=C(N/N=C\c1ccc2c(c1)OCO2)N/N=C\c1ccc2c(c1)OCO2. The molecule has 0 unspecified atom stereocenters. The van der Waals surface area contributed by atoms with E-state index in [2.05, 4.69) is 21.1 Å². The first-order chi connectivity index (χ1) is 12.8. The van der Waals surface area contributed by atoms with E-state index in [0.717, 1.165) is 11.1 Å². The molecule has 0 radical (unpaired) electrons. The molecule has 2 aromatic carbocycles. The lowest BCUT2D eigenvalue weighted by Gasteiger charge is -2.00. The van der Waals surface area contributed by atoms with Crippen LogP contribution >= 0.6 is 0 Å². The van der Waals surface area contributed by atoms with E-state index < -0.39 is 6.03 Å². The van der Waals surface area contributed by atoms with E-state index in [9.17, 15) is 4.79 Å². The Hall–Kier alpha value is -3.75. The zero-order valence-electron chi connectivity index (χ0n) is 13.5. The first kappa shape index (κ1) is 15.8. The van der Waals surface area contributed by atoms with Crippen LogP contribution in [-0.4, -0.2) is 32.0 Å². The average molecular weight is 354 g/mol. The number of carbonyl (C=O) groups excluding carboxylic acids is 1. The molecule has 2 amide bonds. The van der Waals surface area contributed by atoms with E-state index in [4.69, 9.17) is 18.9 Å². The van der Waals surface area contributed by atoms with Gasteiger partial charge in [-0.2, -0.15) is 10.2 Å². The zero-order valence-corrected chi connectivity index (χ0v) is 13.5. The van der Waals surface area contributed by atoms with Gasteiger partial charge in [-0.1, -0.05) is 0 Å². The molecule has 2 aromatic rings. The number of hydrogen-bond donors (Lipinski definition) is 2. The Kier molecular flexibility index (Phi) is 4.25. The summed E-state index contributed by atoms with van der Waals surface area (Å²) in [5, 5.41) is 7.69. The van der Waals surface area contributed by atoms with Crippen LogP contribution in [0.3, 0.4) is 0 Å². The van der Waals surface area contributed by atoms with Crippen molar-refractivity contribution in [3.63, 3.8) is 0 Å². The predicted octanol–water partition coefficient (Wildman–Crippen LogP) is 1.81. The largest absolute Gasteiger partial charge is 0.454 e. The van der Waals surface area contributed by atoms with Crippen molar-refractivity contribution in [3.05, 3.63) is 47.5 Å². The van der Waals surface area contributed by atoms with Crippen LogP contribution in [0.4, 0.5) is 4.79 Å². The number of fused-ring (bicyclic) bond motifs is 2. The molecule has 0 bridgehead atoms. The molecule has 0 saturated carbocycles. The second-order valence-electron chi connectivity index (χ2n) is 5.29. The standard InChI is InChI=1S/C17H14N4O5/c22-17(20-18-7-11-1-3-13-15(5-11)25-9-23-13)21-19-8-12-2-4-14-16(6-12)26-10-24-14/h1-8H,9-10H2,(H2,20,21,22)/b18-7-,19-8-. The molecule has 0 spiro atoms. The predicted molar refractivity (Wildman–Crippen MR) is 92.0 cm³/mol. The first-order valence-corrected chi connectivity index (χ1v) is 7.69. The Bertz CT molecular complexity index is 825. The number of hydrogen-bond acceptors (Lipinski definition) is 7. The second-order valence-corrected chi connectivity index (χ2v) is 5.29. The molecule has 0 saturated heterocycles. The van der Waals surface area contributed by atoms with E-state index in [1.54, 1.807) is 36.4 Å². The maximum atomic E-state index is 11.7. The number of urea groups is 1. The highest BCUT2D eigenvalue weighted by atomic mass is 16.7. The van der Waals surface area contributed by atoms with Crippen molar-refractivity contribution in [1.82, 2.24) is 10.9 Å². The van der Waals surface area contributed by atoms with Gasteiger partial charge in [0.15, 0.2) is 23.0 Å². The van der Waals surface area contributed by atoms with Crippen LogP contribution in [0.2, 0.25) is 0 Å². The second kappa shape index (κ2) is 7.01. The van der Waals surface area contributed by atoms with Gasteiger partial charge in [0.25, 0.3) is 0 Å². The normalized spacial score (nSPS) is 14.2. The Balaban J connectivity index is 1.27. The summed E-state index contributed by atoms with van der Waals surface area (Å²) in [6.07, 6.45) is 2.98. The molecule has 4 rings (SSSR count). The van der Waals surface area contributed by atoms with Gasteiger partial charge < -0.3 is 18.9 Å². The van der Waals surface area contributed by atoms with Crippen LogP contribution < -0.4 is 29.8 Å². The molecular weight excluding hydrogens is 340 g/mol. The molecule has 132 valence electrons. The van der Waals surface area contributed by atoms with Crippen molar-refractivity contribution < 1.29 is 23.7 Å². The van der Waals surface area contributed by atoms with E-state index in [1.165, 1.54) is 12.4 Å². The quantitative estimate of drug-likeness (QED) is 0.644. The van der Waals surface area contributed by atoms with Gasteiger partial charge in [0.1, 0.15) is 0 Å². The Morgan fingerprint density at radius 3 is 1.73 bits per heavy atom. The molecule has 0 aliphatic carbocycles. The molecule has 9 nitrogen and oxygen atoms in total. The molecule has 2 aliphatic rings. The molecule has 2 N–H and O–H groups in total. The van der Waals surface area contributed by atoms with Crippen LogP contribution in [0.15, 0.2) is 46.6 Å². The zero-order chi connectivity index (χ0) is 17.8. The molecule has 2 aliphatic heterocycles. The summed E-state index contributed by atoms with van der Waals surface area (Å²) in [5.41, 5.74) is 6.16. The lowest BCUT2D eigenvalue weighted by atomic mass is 10.2.